The summed E-state index contributed by atoms with van der Waals surface area (Å²) in [5.41, 5.74) is 3.50. The van der Waals surface area contributed by atoms with Crippen molar-refractivity contribution < 1.29 is 5.11 Å². The maximum absolute atomic E-state index is 9.18. The molecule has 0 aliphatic heterocycles. The van der Waals surface area contributed by atoms with E-state index in [4.69, 9.17) is 0 Å². The number of nitrogens with one attached hydrogen (secondary N) is 1. The van der Waals surface area contributed by atoms with E-state index in [2.05, 4.69) is 47.2 Å². The average Bonchev–Trinajstić information content (AvgIpc) is 2.01. The summed E-state index contributed by atoms with van der Waals surface area (Å²) in [6, 6.07) is 4.13. The zero-order valence-corrected chi connectivity index (χ0v) is 10.4. The maximum atomic E-state index is 9.18. The van der Waals surface area contributed by atoms with Gasteiger partial charge in [-0.1, -0.05) is 15.9 Å². The SMILES string of the molecule is Cc1cc(Br)cc(C)c1NCC(C)O. The van der Waals surface area contributed by atoms with Crippen LogP contribution in [0.2, 0.25) is 0 Å². The molecule has 78 valence electrons. The Labute approximate surface area is 93.5 Å². The number of aliphatic hydroxyl groups is 1. The molecule has 0 bridgehead atoms. The highest BCUT2D eigenvalue weighted by atomic mass is 79.9. The monoisotopic (exact) mass is 257 g/mol. The highest BCUT2D eigenvalue weighted by Gasteiger charge is 2.04. The van der Waals surface area contributed by atoms with Crippen LogP contribution < -0.4 is 5.32 Å². The van der Waals surface area contributed by atoms with Crippen LogP contribution in [0.1, 0.15) is 18.1 Å². The number of rotatable bonds is 3. The third-order valence-electron chi connectivity index (χ3n) is 2.07. The van der Waals surface area contributed by atoms with Gasteiger partial charge in [-0.15, -0.1) is 0 Å². The Hall–Kier alpha value is -0.540. The van der Waals surface area contributed by atoms with Gasteiger partial charge in [0.25, 0.3) is 0 Å². The molecule has 1 atom stereocenters. The minimum atomic E-state index is -0.322. The van der Waals surface area contributed by atoms with Gasteiger partial charge in [0.15, 0.2) is 0 Å². The lowest BCUT2D eigenvalue weighted by Crippen LogP contribution is -2.16. The zero-order chi connectivity index (χ0) is 10.7. The fourth-order valence-corrected chi connectivity index (χ4v) is 2.13. The van der Waals surface area contributed by atoms with E-state index < -0.39 is 0 Å². The summed E-state index contributed by atoms with van der Waals surface area (Å²) < 4.78 is 1.09. The normalized spacial score (nSPS) is 12.6. The largest absolute Gasteiger partial charge is 0.392 e. The number of aliphatic hydroxyl groups excluding tert-OH is 1. The zero-order valence-electron chi connectivity index (χ0n) is 8.76. The number of halogens is 1. The Balaban J connectivity index is 2.86. The number of hydrogen-bond donors (Lipinski definition) is 2. The van der Waals surface area contributed by atoms with E-state index in [1.54, 1.807) is 6.92 Å². The Morgan fingerprint density at radius 1 is 1.36 bits per heavy atom. The summed E-state index contributed by atoms with van der Waals surface area (Å²) in [7, 11) is 0. The van der Waals surface area contributed by atoms with Crippen molar-refractivity contribution in [2.45, 2.75) is 26.9 Å². The second-order valence-corrected chi connectivity index (χ2v) is 4.56. The minimum absolute atomic E-state index is 0.322. The van der Waals surface area contributed by atoms with Gasteiger partial charge in [-0.2, -0.15) is 0 Å². The third-order valence-corrected chi connectivity index (χ3v) is 2.53. The molecule has 0 spiro atoms. The van der Waals surface area contributed by atoms with E-state index in [0.29, 0.717) is 6.54 Å². The molecule has 0 saturated heterocycles. The van der Waals surface area contributed by atoms with Crippen LogP contribution in [0.25, 0.3) is 0 Å². The molecular weight excluding hydrogens is 242 g/mol. The number of aryl methyl sites for hydroxylation is 2. The summed E-state index contributed by atoms with van der Waals surface area (Å²) in [5.74, 6) is 0. The van der Waals surface area contributed by atoms with Crippen LogP contribution in [0.15, 0.2) is 16.6 Å². The van der Waals surface area contributed by atoms with Gasteiger partial charge in [0.1, 0.15) is 0 Å². The maximum Gasteiger partial charge on any atom is 0.0684 e. The molecule has 2 N–H and O–H groups in total. The lowest BCUT2D eigenvalue weighted by Gasteiger charge is -2.14. The van der Waals surface area contributed by atoms with Crippen LogP contribution in [0.3, 0.4) is 0 Å². The molecule has 1 aromatic rings. The second kappa shape index (κ2) is 4.80. The van der Waals surface area contributed by atoms with Crippen molar-refractivity contribution in [1.29, 1.82) is 0 Å². The first-order valence-electron chi connectivity index (χ1n) is 4.69. The Morgan fingerprint density at radius 3 is 2.29 bits per heavy atom. The van der Waals surface area contributed by atoms with Gasteiger partial charge in [-0.05, 0) is 44.0 Å². The first-order valence-corrected chi connectivity index (χ1v) is 5.48. The van der Waals surface area contributed by atoms with Crippen molar-refractivity contribution in [2.75, 3.05) is 11.9 Å². The lowest BCUT2D eigenvalue weighted by molar-refractivity contribution is 0.208. The van der Waals surface area contributed by atoms with Gasteiger partial charge in [-0.25, -0.2) is 0 Å². The van der Waals surface area contributed by atoms with Crippen LogP contribution in [0.4, 0.5) is 5.69 Å². The van der Waals surface area contributed by atoms with Crippen LogP contribution in [-0.2, 0) is 0 Å². The van der Waals surface area contributed by atoms with Crippen molar-refractivity contribution in [1.82, 2.24) is 0 Å². The molecule has 0 saturated carbocycles. The quantitative estimate of drug-likeness (QED) is 0.873. The molecule has 1 rings (SSSR count). The lowest BCUT2D eigenvalue weighted by atomic mass is 10.1. The van der Waals surface area contributed by atoms with Crippen LogP contribution in [-0.4, -0.2) is 17.8 Å². The molecule has 1 unspecified atom stereocenters. The Kier molecular flexibility index (Phi) is 3.96. The van der Waals surface area contributed by atoms with E-state index in [1.165, 1.54) is 11.1 Å². The van der Waals surface area contributed by atoms with E-state index in [-0.39, 0.29) is 6.10 Å². The number of hydrogen-bond acceptors (Lipinski definition) is 2. The number of anilines is 1. The Morgan fingerprint density at radius 2 is 1.86 bits per heavy atom. The molecular formula is C11H16BrNO. The highest BCUT2D eigenvalue weighted by molar-refractivity contribution is 9.10. The molecule has 0 fully saturated rings. The summed E-state index contributed by atoms with van der Waals surface area (Å²) >= 11 is 3.45. The van der Waals surface area contributed by atoms with E-state index >= 15 is 0 Å². The van der Waals surface area contributed by atoms with Gasteiger partial charge in [-0.3, -0.25) is 0 Å². The summed E-state index contributed by atoms with van der Waals surface area (Å²) in [4.78, 5) is 0. The molecule has 2 nitrogen and oxygen atoms in total. The van der Waals surface area contributed by atoms with Crippen LogP contribution >= 0.6 is 15.9 Å². The molecule has 0 amide bonds. The minimum Gasteiger partial charge on any atom is -0.392 e. The van der Waals surface area contributed by atoms with Crippen LogP contribution in [0, 0.1) is 13.8 Å². The third kappa shape index (κ3) is 3.00. The van der Waals surface area contributed by atoms with Gasteiger partial charge in [0.2, 0.25) is 0 Å². The van der Waals surface area contributed by atoms with Crippen molar-refractivity contribution in [2.24, 2.45) is 0 Å². The van der Waals surface area contributed by atoms with E-state index in [9.17, 15) is 5.11 Å². The first-order chi connectivity index (χ1) is 6.50. The van der Waals surface area contributed by atoms with Crippen molar-refractivity contribution in [3.8, 4) is 0 Å². The second-order valence-electron chi connectivity index (χ2n) is 3.64. The van der Waals surface area contributed by atoms with Crippen molar-refractivity contribution >= 4 is 21.6 Å². The van der Waals surface area contributed by atoms with Gasteiger partial charge >= 0.3 is 0 Å². The molecule has 0 aliphatic carbocycles. The summed E-state index contributed by atoms with van der Waals surface area (Å²) in [6.45, 7) is 6.48. The highest BCUT2D eigenvalue weighted by Crippen LogP contribution is 2.24. The van der Waals surface area contributed by atoms with Crippen molar-refractivity contribution in [3.63, 3.8) is 0 Å². The molecule has 0 radical (unpaired) electrons. The Bertz CT molecular complexity index is 300. The molecule has 0 aliphatic rings. The van der Waals surface area contributed by atoms with Crippen molar-refractivity contribution in [3.05, 3.63) is 27.7 Å². The summed E-state index contributed by atoms with van der Waals surface area (Å²) in [6.07, 6.45) is -0.322. The summed E-state index contributed by atoms with van der Waals surface area (Å²) in [5, 5.41) is 12.4. The van der Waals surface area contributed by atoms with Gasteiger partial charge in [0, 0.05) is 16.7 Å². The molecule has 0 aromatic heterocycles. The standard InChI is InChI=1S/C11H16BrNO/c1-7-4-10(12)5-8(2)11(7)13-6-9(3)14/h4-5,9,13-14H,6H2,1-3H3. The van der Waals surface area contributed by atoms with Gasteiger partial charge < -0.3 is 10.4 Å². The number of benzene rings is 1. The van der Waals surface area contributed by atoms with E-state index in [0.717, 1.165) is 10.2 Å². The van der Waals surface area contributed by atoms with E-state index in [1.807, 2.05) is 0 Å². The molecule has 1 aromatic carbocycles. The average molecular weight is 258 g/mol. The predicted octanol–water partition coefficient (Wildman–Crippen LogP) is 2.86. The topological polar surface area (TPSA) is 32.3 Å². The molecule has 3 heteroatoms. The molecule has 14 heavy (non-hydrogen) atoms. The fraction of sp³-hybridized carbons (Fsp3) is 0.455. The first kappa shape index (κ1) is 11.5. The smallest absolute Gasteiger partial charge is 0.0684 e. The molecule has 0 heterocycles. The van der Waals surface area contributed by atoms with Crippen LogP contribution in [0.5, 0.6) is 0 Å². The van der Waals surface area contributed by atoms with Gasteiger partial charge in [0.05, 0.1) is 6.10 Å². The fourth-order valence-electron chi connectivity index (χ4n) is 1.44. The predicted molar refractivity (Wildman–Crippen MR) is 63.8 cm³/mol.